The van der Waals surface area contributed by atoms with Crippen molar-refractivity contribution < 1.29 is 27.5 Å². The van der Waals surface area contributed by atoms with Crippen LogP contribution in [-0.4, -0.2) is 36.4 Å². The summed E-state index contributed by atoms with van der Waals surface area (Å²) >= 11 is 6.14. The third-order valence-corrected chi connectivity index (χ3v) is 6.40. The average molecular weight is 372 g/mol. The van der Waals surface area contributed by atoms with Gasteiger partial charge in [0.05, 0.1) is 43.0 Å². The molecule has 0 aliphatic rings. The summed E-state index contributed by atoms with van der Waals surface area (Å²) in [4.78, 5) is 22.4. The van der Waals surface area contributed by atoms with Crippen molar-refractivity contribution in [3.8, 4) is 0 Å². The summed E-state index contributed by atoms with van der Waals surface area (Å²) in [5.74, 6) is 0. The van der Waals surface area contributed by atoms with E-state index in [1.165, 1.54) is 24.3 Å². The van der Waals surface area contributed by atoms with Crippen molar-refractivity contribution >= 4 is 56.1 Å². The molecule has 0 amide bonds. The van der Waals surface area contributed by atoms with Crippen molar-refractivity contribution in [2.75, 3.05) is 14.2 Å². The van der Waals surface area contributed by atoms with E-state index >= 15 is 0 Å². The zero-order valence-electron chi connectivity index (χ0n) is 10.8. The second-order valence-electron chi connectivity index (χ2n) is 3.25. The number of nitrogens with zero attached hydrogens (tertiary/aromatic N) is 1. The van der Waals surface area contributed by atoms with E-state index in [4.69, 9.17) is 11.6 Å². The Balaban J connectivity index is 3.16. The summed E-state index contributed by atoms with van der Waals surface area (Å²) in [6, 6.07) is 5.40. The lowest BCUT2D eigenvalue weighted by atomic mass is 10.4. The van der Waals surface area contributed by atoms with Crippen LogP contribution in [0.4, 0.5) is 9.59 Å². The quantitative estimate of drug-likeness (QED) is 0.588. The number of carbonyl (C=O) groups is 2. The molecule has 0 radical (unpaired) electrons. The second kappa shape index (κ2) is 7.90. The van der Waals surface area contributed by atoms with Crippen LogP contribution >= 0.6 is 35.5 Å². The van der Waals surface area contributed by atoms with E-state index < -0.39 is 20.6 Å². The van der Waals surface area contributed by atoms with Crippen LogP contribution in [-0.2, 0) is 19.5 Å². The van der Waals surface area contributed by atoms with E-state index in [0.717, 1.165) is 14.2 Å². The molecule has 21 heavy (non-hydrogen) atoms. The molecule has 0 unspecified atom stereocenters. The SMILES string of the molecule is COC(=O)SN(SC(=O)OC)S(=O)(=O)c1cccc(Cl)c1. The molecular formula is C10H10ClNO6S3. The smallest absolute Gasteiger partial charge is 0.384 e. The van der Waals surface area contributed by atoms with Gasteiger partial charge in [-0.15, -0.1) is 0 Å². The van der Waals surface area contributed by atoms with Gasteiger partial charge < -0.3 is 9.47 Å². The van der Waals surface area contributed by atoms with Crippen molar-refractivity contribution in [1.82, 2.24) is 3.12 Å². The van der Waals surface area contributed by atoms with Gasteiger partial charge in [-0.25, -0.2) is 18.0 Å². The molecule has 1 aromatic carbocycles. The molecule has 0 heterocycles. The lowest BCUT2D eigenvalue weighted by molar-refractivity contribution is 0.200. The minimum atomic E-state index is -4.16. The number of ether oxygens (including phenoxy) is 2. The van der Waals surface area contributed by atoms with Crippen LogP contribution in [0.2, 0.25) is 5.02 Å². The van der Waals surface area contributed by atoms with E-state index in [1.807, 2.05) is 0 Å². The fourth-order valence-corrected chi connectivity index (χ4v) is 4.55. The highest BCUT2D eigenvalue weighted by Crippen LogP contribution is 2.33. The number of carbonyl (C=O) groups excluding carboxylic acids is 2. The van der Waals surface area contributed by atoms with Crippen molar-refractivity contribution in [2.24, 2.45) is 0 Å². The Bertz CT molecular complexity index is 617. The number of hydrogen-bond acceptors (Lipinski definition) is 8. The van der Waals surface area contributed by atoms with Crippen LogP contribution in [0.15, 0.2) is 29.2 Å². The Labute approximate surface area is 135 Å². The summed E-state index contributed by atoms with van der Waals surface area (Å²) in [6.45, 7) is 0. The second-order valence-corrected chi connectivity index (χ2v) is 7.93. The molecule has 0 atom stereocenters. The molecule has 0 aromatic heterocycles. The normalized spacial score (nSPS) is 11.2. The van der Waals surface area contributed by atoms with Gasteiger partial charge in [-0.05, 0) is 18.2 Å². The fraction of sp³-hybridized carbons (Fsp3) is 0.200. The molecule has 0 saturated heterocycles. The van der Waals surface area contributed by atoms with Gasteiger partial charge in [0, 0.05) is 5.02 Å². The zero-order chi connectivity index (χ0) is 16.0. The standard InChI is InChI=1S/C10H10ClNO6S3/c1-17-9(13)19-12(20-10(14)18-2)21(15,16)8-5-3-4-7(11)6-8/h3-6H,1-2H3. The number of methoxy groups -OCH3 is 2. The predicted octanol–water partition coefficient (Wildman–Crippen LogP) is 3.16. The predicted molar refractivity (Wildman–Crippen MR) is 80.5 cm³/mol. The Morgan fingerprint density at radius 3 is 2.10 bits per heavy atom. The third-order valence-electron chi connectivity index (χ3n) is 1.92. The molecule has 0 saturated carbocycles. The summed E-state index contributed by atoms with van der Waals surface area (Å²) < 4.78 is 34.0. The molecule has 0 aliphatic carbocycles. The van der Waals surface area contributed by atoms with Gasteiger partial charge in [0.2, 0.25) is 0 Å². The molecule has 116 valence electrons. The minimum absolute atomic E-state index is 0.178. The maximum absolute atomic E-state index is 12.4. The molecular weight excluding hydrogens is 362 g/mol. The van der Waals surface area contributed by atoms with Crippen LogP contribution in [0.3, 0.4) is 0 Å². The van der Waals surface area contributed by atoms with Crippen LogP contribution in [0.1, 0.15) is 0 Å². The molecule has 11 heteroatoms. The number of benzene rings is 1. The van der Waals surface area contributed by atoms with Gasteiger partial charge in [0.15, 0.2) is 0 Å². The van der Waals surface area contributed by atoms with Crippen LogP contribution in [0, 0.1) is 0 Å². The molecule has 7 nitrogen and oxygen atoms in total. The van der Waals surface area contributed by atoms with Crippen molar-refractivity contribution in [2.45, 2.75) is 4.90 Å². The minimum Gasteiger partial charge on any atom is -0.460 e. The average Bonchev–Trinajstić information content (AvgIpc) is 2.46. The largest absolute Gasteiger partial charge is 0.460 e. The van der Waals surface area contributed by atoms with Crippen molar-refractivity contribution in [3.05, 3.63) is 29.3 Å². The lowest BCUT2D eigenvalue weighted by Crippen LogP contribution is -2.22. The number of halogens is 1. The third kappa shape index (κ3) is 5.08. The van der Waals surface area contributed by atoms with Crippen LogP contribution < -0.4 is 0 Å². The van der Waals surface area contributed by atoms with Gasteiger partial charge in [-0.3, -0.25) is 0 Å². The molecule has 0 N–H and O–H groups in total. The topological polar surface area (TPSA) is 90.0 Å². The fourth-order valence-electron chi connectivity index (χ4n) is 1.03. The highest BCUT2D eigenvalue weighted by atomic mass is 35.5. The maximum atomic E-state index is 12.4. The Kier molecular flexibility index (Phi) is 6.81. The van der Waals surface area contributed by atoms with Gasteiger partial charge >= 0.3 is 10.6 Å². The first-order chi connectivity index (χ1) is 9.81. The summed E-state index contributed by atoms with van der Waals surface area (Å²) in [5.41, 5.74) is 0. The molecule has 0 aliphatic heterocycles. The highest BCUT2D eigenvalue weighted by molar-refractivity contribution is 8.32. The van der Waals surface area contributed by atoms with Gasteiger partial charge in [0.1, 0.15) is 0 Å². The monoisotopic (exact) mass is 371 g/mol. The Morgan fingerprint density at radius 1 is 1.14 bits per heavy atom. The lowest BCUT2D eigenvalue weighted by Gasteiger charge is -2.16. The van der Waals surface area contributed by atoms with Crippen molar-refractivity contribution in [1.29, 1.82) is 0 Å². The van der Waals surface area contributed by atoms with Gasteiger partial charge in [-0.2, -0.15) is 0 Å². The first-order valence-corrected chi connectivity index (χ1v) is 8.50. The summed E-state index contributed by atoms with van der Waals surface area (Å²) in [7, 11) is -1.99. The van der Waals surface area contributed by atoms with Gasteiger partial charge in [0.25, 0.3) is 10.0 Å². The Morgan fingerprint density at radius 2 is 1.67 bits per heavy atom. The van der Waals surface area contributed by atoms with E-state index in [0.29, 0.717) is 3.12 Å². The number of hydrogen-bond donors (Lipinski definition) is 0. The van der Waals surface area contributed by atoms with Crippen molar-refractivity contribution in [3.63, 3.8) is 0 Å². The molecule has 1 rings (SSSR count). The van der Waals surface area contributed by atoms with E-state index in [2.05, 4.69) is 9.47 Å². The first kappa shape index (κ1) is 18.1. The van der Waals surface area contributed by atoms with E-state index in [-0.39, 0.29) is 33.8 Å². The zero-order valence-corrected chi connectivity index (χ0v) is 14.0. The molecule has 0 fully saturated rings. The summed E-state index contributed by atoms with van der Waals surface area (Å²) in [5, 5.41) is -1.61. The molecule has 1 aromatic rings. The highest BCUT2D eigenvalue weighted by Gasteiger charge is 2.32. The van der Waals surface area contributed by atoms with Gasteiger partial charge in [-0.1, -0.05) is 20.8 Å². The van der Waals surface area contributed by atoms with E-state index in [1.54, 1.807) is 0 Å². The van der Waals surface area contributed by atoms with Crippen LogP contribution in [0.25, 0.3) is 0 Å². The first-order valence-electron chi connectivity index (χ1n) is 5.14. The molecule has 0 bridgehead atoms. The summed E-state index contributed by atoms with van der Waals surface area (Å²) in [6.07, 6.45) is 0. The number of rotatable bonds is 4. The van der Waals surface area contributed by atoms with E-state index in [9.17, 15) is 18.0 Å². The number of sulfonamides is 1. The maximum Gasteiger partial charge on any atom is 0.384 e. The Hall–Kier alpha value is -0.940. The van der Waals surface area contributed by atoms with Crippen LogP contribution in [0.5, 0.6) is 0 Å². The molecule has 0 spiro atoms.